The Hall–Kier alpha value is -1.20. The van der Waals surface area contributed by atoms with Crippen LogP contribution in [0.25, 0.3) is 0 Å². The number of pyridine rings is 1. The maximum atomic E-state index is 6.31. The molecule has 5 heteroatoms. The van der Waals surface area contributed by atoms with Gasteiger partial charge in [0.1, 0.15) is 0 Å². The Labute approximate surface area is 115 Å². The largest absolute Gasteiger partial charge is 0.318 e. The standard InChI is InChI=1S/C13H17BrN4/c1-3-6-18-13(10(14)8-17-18)12(15)11-7-9(2)4-5-16-11/h4-5,7-8,12H,3,6,15H2,1-2H3. The number of rotatable bonds is 4. The Morgan fingerprint density at radius 1 is 1.50 bits per heavy atom. The molecule has 1 atom stereocenters. The van der Waals surface area contributed by atoms with E-state index in [1.807, 2.05) is 23.7 Å². The number of aromatic nitrogens is 3. The molecular weight excluding hydrogens is 292 g/mol. The van der Waals surface area contributed by atoms with Gasteiger partial charge < -0.3 is 5.73 Å². The van der Waals surface area contributed by atoms with Crippen LogP contribution >= 0.6 is 15.9 Å². The summed E-state index contributed by atoms with van der Waals surface area (Å²) < 4.78 is 2.88. The maximum Gasteiger partial charge on any atom is 0.0908 e. The van der Waals surface area contributed by atoms with Crippen molar-refractivity contribution in [2.45, 2.75) is 32.9 Å². The molecule has 2 aromatic heterocycles. The van der Waals surface area contributed by atoms with Crippen molar-refractivity contribution in [1.29, 1.82) is 0 Å². The second kappa shape index (κ2) is 5.63. The van der Waals surface area contributed by atoms with E-state index in [2.05, 4.69) is 32.9 Å². The van der Waals surface area contributed by atoms with Gasteiger partial charge in [0.05, 0.1) is 28.1 Å². The molecule has 96 valence electrons. The van der Waals surface area contributed by atoms with Crippen molar-refractivity contribution in [3.63, 3.8) is 0 Å². The van der Waals surface area contributed by atoms with Crippen LogP contribution in [-0.2, 0) is 6.54 Å². The zero-order chi connectivity index (χ0) is 13.1. The van der Waals surface area contributed by atoms with Crippen LogP contribution in [0.15, 0.2) is 29.0 Å². The fourth-order valence-electron chi connectivity index (χ4n) is 1.94. The van der Waals surface area contributed by atoms with Crippen molar-refractivity contribution in [1.82, 2.24) is 14.8 Å². The lowest BCUT2D eigenvalue weighted by Crippen LogP contribution is -2.19. The molecule has 0 aliphatic carbocycles. The molecular formula is C13H17BrN4. The average molecular weight is 309 g/mol. The van der Waals surface area contributed by atoms with Crippen molar-refractivity contribution in [2.24, 2.45) is 5.73 Å². The quantitative estimate of drug-likeness (QED) is 0.945. The Bertz CT molecular complexity index is 536. The third kappa shape index (κ3) is 2.62. The summed E-state index contributed by atoms with van der Waals surface area (Å²) in [7, 11) is 0. The highest BCUT2D eigenvalue weighted by molar-refractivity contribution is 9.10. The molecule has 0 aromatic carbocycles. The van der Waals surface area contributed by atoms with Gasteiger partial charge in [0, 0.05) is 12.7 Å². The van der Waals surface area contributed by atoms with Gasteiger partial charge in [-0.2, -0.15) is 5.10 Å². The molecule has 0 amide bonds. The fraction of sp³-hybridized carbons (Fsp3) is 0.385. The Morgan fingerprint density at radius 3 is 2.94 bits per heavy atom. The lowest BCUT2D eigenvalue weighted by Gasteiger charge is -2.14. The van der Waals surface area contributed by atoms with Crippen LogP contribution in [-0.4, -0.2) is 14.8 Å². The van der Waals surface area contributed by atoms with Crippen molar-refractivity contribution < 1.29 is 0 Å². The van der Waals surface area contributed by atoms with Crippen LogP contribution in [0.1, 0.15) is 36.3 Å². The predicted octanol–water partition coefficient (Wildman–Crippen LogP) is 2.81. The normalized spacial score (nSPS) is 12.7. The highest BCUT2D eigenvalue weighted by Crippen LogP contribution is 2.26. The Kier molecular flexibility index (Phi) is 4.14. The van der Waals surface area contributed by atoms with Crippen LogP contribution in [0.5, 0.6) is 0 Å². The van der Waals surface area contributed by atoms with E-state index in [0.717, 1.165) is 34.4 Å². The zero-order valence-electron chi connectivity index (χ0n) is 10.6. The van der Waals surface area contributed by atoms with E-state index in [-0.39, 0.29) is 6.04 Å². The van der Waals surface area contributed by atoms with E-state index in [0.29, 0.717) is 0 Å². The third-order valence-electron chi connectivity index (χ3n) is 2.82. The van der Waals surface area contributed by atoms with Crippen LogP contribution in [0.3, 0.4) is 0 Å². The molecule has 0 spiro atoms. The average Bonchev–Trinajstić information content (AvgIpc) is 2.70. The van der Waals surface area contributed by atoms with E-state index in [9.17, 15) is 0 Å². The van der Waals surface area contributed by atoms with Gasteiger partial charge in [0.15, 0.2) is 0 Å². The molecule has 2 N–H and O–H groups in total. The molecule has 0 saturated carbocycles. The molecule has 0 aliphatic heterocycles. The molecule has 0 fully saturated rings. The summed E-state index contributed by atoms with van der Waals surface area (Å²) in [6, 6.07) is 3.72. The zero-order valence-corrected chi connectivity index (χ0v) is 12.2. The molecule has 0 saturated heterocycles. The third-order valence-corrected chi connectivity index (χ3v) is 3.43. The summed E-state index contributed by atoms with van der Waals surface area (Å²) in [6.07, 6.45) is 4.61. The first kappa shape index (κ1) is 13.2. The number of halogens is 1. The summed E-state index contributed by atoms with van der Waals surface area (Å²) in [5.41, 5.74) is 9.32. The van der Waals surface area contributed by atoms with Crippen LogP contribution < -0.4 is 5.73 Å². The second-order valence-corrected chi connectivity index (χ2v) is 5.19. The van der Waals surface area contributed by atoms with Crippen LogP contribution in [0.4, 0.5) is 0 Å². The Morgan fingerprint density at radius 2 is 2.28 bits per heavy atom. The van der Waals surface area contributed by atoms with Crippen molar-refractivity contribution in [2.75, 3.05) is 0 Å². The molecule has 1 unspecified atom stereocenters. The number of aryl methyl sites for hydroxylation is 2. The highest BCUT2D eigenvalue weighted by atomic mass is 79.9. The summed E-state index contributed by atoms with van der Waals surface area (Å²) >= 11 is 3.51. The number of hydrogen-bond donors (Lipinski definition) is 1. The number of nitrogens with two attached hydrogens (primary N) is 1. The van der Waals surface area contributed by atoms with Gasteiger partial charge in [-0.15, -0.1) is 0 Å². The van der Waals surface area contributed by atoms with Crippen LogP contribution in [0, 0.1) is 6.92 Å². The number of hydrogen-bond acceptors (Lipinski definition) is 3. The molecule has 4 nitrogen and oxygen atoms in total. The van der Waals surface area contributed by atoms with Gasteiger partial charge in [0.2, 0.25) is 0 Å². The van der Waals surface area contributed by atoms with E-state index in [4.69, 9.17) is 5.73 Å². The first-order valence-corrected chi connectivity index (χ1v) is 6.82. The maximum absolute atomic E-state index is 6.31. The van der Waals surface area contributed by atoms with Crippen molar-refractivity contribution >= 4 is 15.9 Å². The molecule has 0 radical (unpaired) electrons. The lowest BCUT2D eigenvalue weighted by atomic mass is 10.1. The monoisotopic (exact) mass is 308 g/mol. The lowest BCUT2D eigenvalue weighted by molar-refractivity contribution is 0.556. The van der Waals surface area contributed by atoms with Crippen molar-refractivity contribution in [3.05, 3.63) is 46.0 Å². The first-order chi connectivity index (χ1) is 8.63. The minimum atomic E-state index is -0.256. The van der Waals surface area contributed by atoms with Gasteiger partial charge in [-0.1, -0.05) is 6.92 Å². The minimum absolute atomic E-state index is 0.256. The van der Waals surface area contributed by atoms with E-state index in [1.165, 1.54) is 0 Å². The molecule has 2 rings (SSSR count). The SMILES string of the molecule is CCCn1ncc(Br)c1C(N)c1cc(C)ccn1. The van der Waals surface area contributed by atoms with E-state index >= 15 is 0 Å². The summed E-state index contributed by atoms with van der Waals surface area (Å²) in [5.74, 6) is 0. The molecule has 0 aliphatic rings. The van der Waals surface area contributed by atoms with Gasteiger partial charge in [-0.25, -0.2) is 0 Å². The van der Waals surface area contributed by atoms with E-state index in [1.54, 1.807) is 12.4 Å². The molecule has 0 bridgehead atoms. The van der Waals surface area contributed by atoms with Crippen molar-refractivity contribution in [3.8, 4) is 0 Å². The minimum Gasteiger partial charge on any atom is -0.318 e. The number of nitrogens with zero attached hydrogens (tertiary/aromatic N) is 3. The summed E-state index contributed by atoms with van der Waals surface area (Å²) in [4.78, 5) is 4.35. The van der Waals surface area contributed by atoms with E-state index < -0.39 is 0 Å². The smallest absolute Gasteiger partial charge is 0.0908 e. The molecule has 2 aromatic rings. The molecule has 2 heterocycles. The topological polar surface area (TPSA) is 56.7 Å². The van der Waals surface area contributed by atoms with Crippen LogP contribution in [0.2, 0.25) is 0 Å². The van der Waals surface area contributed by atoms with Gasteiger partial charge in [0.25, 0.3) is 0 Å². The van der Waals surface area contributed by atoms with Gasteiger partial charge in [-0.3, -0.25) is 9.67 Å². The van der Waals surface area contributed by atoms with Gasteiger partial charge in [-0.05, 0) is 47.0 Å². The second-order valence-electron chi connectivity index (χ2n) is 4.34. The first-order valence-electron chi connectivity index (χ1n) is 6.02. The molecule has 18 heavy (non-hydrogen) atoms. The fourth-order valence-corrected chi connectivity index (χ4v) is 2.48. The summed E-state index contributed by atoms with van der Waals surface area (Å²) in [6.45, 7) is 5.02. The van der Waals surface area contributed by atoms with Gasteiger partial charge >= 0.3 is 0 Å². The highest BCUT2D eigenvalue weighted by Gasteiger charge is 2.19. The predicted molar refractivity (Wildman–Crippen MR) is 75.2 cm³/mol. The summed E-state index contributed by atoms with van der Waals surface area (Å²) in [5, 5.41) is 4.34. The Balaban J connectivity index is 2.39.